The van der Waals surface area contributed by atoms with Gasteiger partial charge in [-0.25, -0.2) is 4.68 Å². The molecular weight excluding hydrogens is 378 g/mol. The Labute approximate surface area is 179 Å². The summed E-state index contributed by atoms with van der Waals surface area (Å²) in [6.45, 7) is 12.3. The maximum absolute atomic E-state index is 13.3. The van der Waals surface area contributed by atoms with E-state index in [1.807, 2.05) is 30.3 Å². The first-order valence-electron chi connectivity index (χ1n) is 11.3. The number of aryl methyl sites for hydroxylation is 1. The lowest BCUT2D eigenvalue weighted by molar-refractivity contribution is -0.140. The van der Waals surface area contributed by atoms with Crippen molar-refractivity contribution in [3.63, 3.8) is 0 Å². The number of nitrogens with zero attached hydrogens (tertiary/aromatic N) is 2. The molecule has 0 saturated heterocycles. The number of hydrogen-bond acceptors (Lipinski definition) is 4. The summed E-state index contributed by atoms with van der Waals surface area (Å²) in [6, 6.07) is 9.10. The lowest BCUT2D eigenvalue weighted by Crippen LogP contribution is -2.67. The second kappa shape index (κ2) is 9.50. The zero-order chi connectivity index (χ0) is 22.0. The fraction of sp³-hybridized carbons (Fsp3) is 0.625. The first-order chi connectivity index (χ1) is 14.3. The standard InChI is InChI=1S/C24H37N3O3/c1-6-10-18-19(24(30)27(25-18)17-11-8-7-9-12-17)20-22(28)21(23(20)29)26(13-15(2)3)14-16(4)5/h7-9,11-12,15-16,20-23,25,28-29H,6,10,13-14H2,1-5H3. The first-order valence-corrected chi connectivity index (χ1v) is 11.3. The van der Waals surface area contributed by atoms with Crippen molar-refractivity contribution < 1.29 is 10.2 Å². The molecule has 0 amide bonds. The molecule has 2 aromatic rings. The van der Waals surface area contributed by atoms with Gasteiger partial charge in [-0.15, -0.1) is 0 Å². The Balaban J connectivity index is 1.94. The Hall–Kier alpha value is -1.89. The van der Waals surface area contributed by atoms with E-state index in [0.29, 0.717) is 23.8 Å². The zero-order valence-corrected chi connectivity index (χ0v) is 18.9. The van der Waals surface area contributed by atoms with Crippen molar-refractivity contribution in [3.8, 4) is 5.69 Å². The largest absolute Gasteiger partial charge is 0.391 e. The average molecular weight is 416 g/mol. The highest BCUT2D eigenvalue weighted by atomic mass is 16.3. The van der Waals surface area contributed by atoms with Crippen molar-refractivity contribution in [2.45, 2.75) is 71.6 Å². The van der Waals surface area contributed by atoms with E-state index in [-0.39, 0.29) is 11.6 Å². The van der Waals surface area contributed by atoms with Gasteiger partial charge >= 0.3 is 0 Å². The van der Waals surface area contributed by atoms with Crippen LogP contribution in [0.15, 0.2) is 35.1 Å². The number of aliphatic hydroxyl groups excluding tert-OH is 2. The van der Waals surface area contributed by atoms with Crippen LogP contribution in [0.5, 0.6) is 0 Å². The van der Waals surface area contributed by atoms with Gasteiger partial charge in [0.15, 0.2) is 0 Å². The van der Waals surface area contributed by atoms with Crippen LogP contribution in [-0.4, -0.2) is 56.2 Å². The monoisotopic (exact) mass is 415 g/mol. The van der Waals surface area contributed by atoms with E-state index in [1.54, 1.807) is 0 Å². The molecule has 3 N–H and O–H groups in total. The molecule has 0 bridgehead atoms. The number of nitrogens with one attached hydrogen (secondary N) is 1. The van der Waals surface area contributed by atoms with E-state index in [4.69, 9.17) is 0 Å². The summed E-state index contributed by atoms with van der Waals surface area (Å²) in [5, 5.41) is 25.5. The van der Waals surface area contributed by atoms with Crippen molar-refractivity contribution in [3.05, 3.63) is 51.9 Å². The number of benzene rings is 1. The highest BCUT2D eigenvalue weighted by molar-refractivity contribution is 5.37. The number of rotatable bonds is 9. The molecule has 1 aromatic carbocycles. The minimum absolute atomic E-state index is 0.175. The van der Waals surface area contributed by atoms with Crippen LogP contribution in [0.4, 0.5) is 0 Å². The summed E-state index contributed by atoms with van der Waals surface area (Å²) in [5.74, 6) is 0.299. The zero-order valence-electron chi connectivity index (χ0n) is 18.9. The molecule has 0 aliphatic heterocycles. The van der Waals surface area contributed by atoms with E-state index >= 15 is 0 Å². The van der Waals surface area contributed by atoms with Gasteiger partial charge in [0.05, 0.1) is 23.9 Å². The molecular formula is C24H37N3O3. The van der Waals surface area contributed by atoms with Gasteiger partial charge in [-0.3, -0.25) is 14.8 Å². The van der Waals surface area contributed by atoms with Crippen LogP contribution >= 0.6 is 0 Å². The molecule has 1 heterocycles. The molecule has 6 nitrogen and oxygen atoms in total. The number of aromatic amines is 1. The quantitative estimate of drug-likeness (QED) is 0.588. The van der Waals surface area contributed by atoms with Gasteiger partial charge in [0, 0.05) is 30.3 Å². The van der Waals surface area contributed by atoms with Crippen LogP contribution in [0.3, 0.4) is 0 Å². The first kappa shape index (κ1) is 22.8. The van der Waals surface area contributed by atoms with Gasteiger partial charge in [-0.05, 0) is 30.4 Å². The highest BCUT2D eigenvalue weighted by Crippen LogP contribution is 2.41. The number of hydrogen-bond donors (Lipinski definition) is 3. The van der Waals surface area contributed by atoms with Crippen molar-refractivity contribution in [2.75, 3.05) is 13.1 Å². The Morgan fingerprint density at radius 2 is 1.60 bits per heavy atom. The van der Waals surface area contributed by atoms with Crippen LogP contribution < -0.4 is 5.56 Å². The summed E-state index contributed by atoms with van der Waals surface area (Å²) in [5.41, 5.74) is 1.93. The number of aliphatic hydroxyl groups is 2. The van der Waals surface area contributed by atoms with Crippen molar-refractivity contribution in [1.82, 2.24) is 14.7 Å². The summed E-state index contributed by atoms with van der Waals surface area (Å²) < 4.78 is 1.53. The van der Waals surface area contributed by atoms with Crippen LogP contribution in [0.1, 0.15) is 58.2 Å². The number of aromatic nitrogens is 2. The molecule has 30 heavy (non-hydrogen) atoms. The molecule has 0 spiro atoms. The molecule has 1 aromatic heterocycles. The molecule has 0 radical (unpaired) electrons. The smallest absolute Gasteiger partial charge is 0.275 e. The molecule has 2 atom stereocenters. The minimum Gasteiger partial charge on any atom is -0.391 e. The van der Waals surface area contributed by atoms with Gasteiger partial charge in [-0.2, -0.15) is 0 Å². The average Bonchev–Trinajstić information content (AvgIpc) is 2.98. The second-order valence-electron chi connectivity index (χ2n) is 9.47. The van der Waals surface area contributed by atoms with Gasteiger partial charge in [0.2, 0.25) is 0 Å². The number of para-hydroxylation sites is 1. The Kier molecular flexibility index (Phi) is 7.22. The van der Waals surface area contributed by atoms with Crippen molar-refractivity contribution >= 4 is 0 Å². The predicted octanol–water partition coefficient (Wildman–Crippen LogP) is 2.92. The fourth-order valence-corrected chi connectivity index (χ4v) is 4.75. The maximum atomic E-state index is 13.3. The lowest BCUT2D eigenvalue weighted by atomic mass is 9.68. The minimum atomic E-state index is -0.763. The molecule has 2 unspecified atom stereocenters. The fourth-order valence-electron chi connectivity index (χ4n) is 4.75. The summed E-state index contributed by atoms with van der Waals surface area (Å²) >= 11 is 0. The van der Waals surface area contributed by atoms with Gasteiger partial charge in [0.1, 0.15) is 0 Å². The molecule has 1 aliphatic carbocycles. The van der Waals surface area contributed by atoms with E-state index < -0.39 is 18.1 Å². The van der Waals surface area contributed by atoms with Gasteiger partial charge in [0.25, 0.3) is 5.56 Å². The SMILES string of the molecule is CCCc1[nH]n(-c2ccccc2)c(=O)c1C1C(O)C(N(CC(C)C)CC(C)C)C1O. The number of H-pyrrole nitrogens is 1. The topological polar surface area (TPSA) is 81.5 Å². The molecule has 1 aliphatic rings. The second-order valence-corrected chi connectivity index (χ2v) is 9.47. The molecule has 1 saturated carbocycles. The molecule has 6 heteroatoms. The third-order valence-corrected chi connectivity index (χ3v) is 5.91. The molecule has 166 valence electrons. The van der Waals surface area contributed by atoms with Crippen LogP contribution in [-0.2, 0) is 6.42 Å². The van der Waals surface area contributed by atoms with E-state index in [1.165, 1.54) is 4.68 Å². The van der Waals surface area contributed by atoms with Crippen LogP contribution in [0, 0.1) is 11.8 Å². The molecule has 1 fully saturated rings. The van der Waals surface area contributed by atoms with Gasteiger partial charge < -0.3 is 10.2 Å². The summed E-state index contributed by atoms with van der Waals surface area (Å²) in [7, 11) is 0. The molecule has 3 rings (SSSR count). The van der Waals surface area contributed by atoms with E-state index in [0.717, 1.165) is 30.9 Å². The van der Waals surface area contributed by atoms with Crippen molar-refractivity contribution in [1.29, 1.82) is 0 Å². The van der Waals surface area contributed by atoms with Crippen LogP contribution in [0.2, 0.25) is 0 Å². The summed E-state index contributed by atoms with van der Waals surface area (Å²) in [4.78, 5) is 15.5. The third-order valence-electron chi connectivity index (χ3n) is 5.91. The van der Waals surface area contributed by atoms with Gasteiger partial charge in [-0.1, -0.05) is 59.2 Å². The summed E-state index contributed by atoms with van der Waals surface area (Å²) in [6.07, 6.45) is 0.0468. The maximum Gasteiger partial charge on any atom is 0.275 e. The Morgan fingerprint density at radius 1 is 1.03 bits per heavy atom. The Bertz CT molecular complexity index is 852. The lowest BCUT2D eigenvalue weighted by Gasteiger charge is -2.52. The normalized spacial score (nSPS) is 24.1. The highest BCUT2D eigenvalue weighted by Gasteiger charge is 2.54. The van der Waals surface area contributed by atoms with Crippen molar-refractivity contribution in [2.24, 2.45) is 11.8 Å². The van der Waals surface area contributed by atoms with Crippen LogP contribution in [0.25, 0.3) is 5.69 Å². The predicted molar refractivity (Wildman–Crippen MR) is 120 cm³/mol. The van der Waals surface area contributed by atoms with E-state index in [9.17, 15) is 15.0 Å². The third kappa shape index (κ3) is 4.41. The van der Waals surface area contributed by atoms with E-state index in [2.05, 4.69) is 44.6 Å². The Morgan fingerprint density at radius 3 is 2.10 bits per heavy atom.